The average molecular weight is 389 g/mol. The number of ether oxygens (including phenoxy) is 2. The number of likely N-dealkylation sites (tertiary alicyclic amines) is 1. The standard InChI is InChI=1S/C22H36N4O2/c1-4-27-20-14-18-13-17(2)28-21(18)15-19(20)16-25-22(23-3)24-9-5-6-10-26-11-7-8-12-26/h14-15,17H,4-13,16H2,1-3H3,(H2,23,24,25). The molecule has 2 heterocycles. The quantitative estimate of drug-likeness (QED) is 0.387. The van der Waals surface area contributed by atoms with Gasteiger partial charge in [-0.1, -0.05) is 0 Å². The van der Waals surface area contributed by atoms with Crippen molar-refractivity contribution in [3.05, 3.63) is 23.3 Å². The molecule has 0 saturated carbocycles. The molecule has 1 aromatic carbocycles. The highest BCUT2D eigenvalue weighted by Gasteiger charge is 2.22. The average Bonchev–Trinajstić information content (AvgIpc) is 3.32. The van der Waals surface area contributed by atoms with Gasteiger partial charge in [-0.3, -0.25) is 4.99 Å². The molecule has 0 aromatic heterocycles. The molecule has 0 radical (unpaired) electrons. The number of hydrogen-bond donors (Lipinski definition) is 2. The van der Waals surface area contributed by atoms with Gasteiger partial charge >= 0.3 is 0 Å². The number of nitrogens with one attached hydrogen (secondary N) is 2. The molecule has 28 heavy (non-hydrogen) atoms. The second-order valence-corrected chi connectivity index (χ2v) is 7.74. The van der Waals surface area contributed by atoms with Crippen molar-refractivity contribution in [2.75, 3.05) is 39.8 Å². The third kappa shape index (κ3) is 5.77. The van der Waals surface area contributed by atoms with Crippen LogP contribution >= 0.6 is 0 Å². The number of hydrogen-bond acceptors (Lipinski definition) is 4. The second-order valence-electron chi connectivity index (χ2n) is 7.74. The first kappa shape index (κ1) is 20.8. The van der Waals surface area contributed by atoms with Crippen molar-refractivity contribution in [3.8, 4) is 11.5 Å². The van der Waals surface area contributed by atoms with E-state index >= 15 is 0 Å². The number of rotatable bonds is 9. The predicted octanol–water partition coefficient (Wildman–Crippen LogP) is 2.95. The van der Waals surface area contributed by atoms with Crippen molar-refractivity contribution in [3.63, 3.8) is 0 Å². The molecule has 6 nitrogen and oxygen atoms in total. The highest BCUT2D eigenvalue weighted by Crippen LogP contribution is 2.35. The van der Waals surface area contributed by atoms with E-state index in [-0.39, 0.29) is 6.10 Å². The van der Waals surface area contributed by atoms with Crippen LogP contribution in [0.25, 0.3) is 0 Å². The van der Waals surface area contributed by atoms with Gasteiger partial charge in [0.25, 0.3) is 0 Å². The van der Waals surface area contributed by atoms with E-state index in [1.807, 2.05) is 14.0 Å². The maximum Gasteiger partial charge on any atom is 0.191 e. The number of aliphatic imine (C=N–C) groups is 1. The summed E-state index contributed by atoms with van der Waals surface area (Å²) in [4.78, 5) is 6.92. The maximum absolute atomic E-state index is 5.91. The Kier molecular flexibility index (Phi) is 7.83. The van der Waals surface area contributed by atoms with Crippen LogP contribution in [0.5, 0.6) is 11.5 Å². The SMILES string of the molecule is CCOc1cc2c(cc1CNC(=NC)NCCCCN1CCCC1)OC(C)C2. The molecule has 0 spiro atoms. The summed E-state index contributed by atoms with van der Waals surface area (Å²) in [5, 5.41) is 6.84. The summed E-state index contributed by atoms with van der Waals surface area (Å²) in [5.74, 6) is 2.75. The number of nitrogens with zero attached hydrogens (tertiary/aromatic N) is 2. The van der Waals surface area contributed by atoms with Crippen molar-refractivity contribution in [2.24, 2.45) is 4.99 Å². The van der Waals surface area contributed by atoms with E-state index in [0.717, 1.165) is 42.4 Å². The van der Waals surface area contributed by atoms with Crippen LogP contribution in [-0.4, -0.2) is 56.8 Å². The van der Waals surface area contributed by atoms with E-state index in [4.69, 9.17) is 9.47 Å². The minimum Gasteiger partial charge on any atom is -0.494 e. The fourth-order valence-corrected chi connectivity index (χ4v) is 3.98. The van der Waals surface area contributed by atoms with Crippen LogP contribution in [0.15, 0.2) is 17.1 Å². The third-order valence-corrected chi connectivity index (χ3v) is 5.44. The summed E-state index contributed by atoms with van der Waals surface area (Å²) >= 11 is 0. The molecule has 2 N–H and O–H groups in total. The zero-order chi connectivity index (χ0) is 19.8. The first-order valence-electron chi connectivity index (χ1n) is 10.8. The second kappa shape index (κ2) is 10.6. The van der Waals surface area contributed by atoms with Gasteiger partial charge in [0.1, 0.15) is 17.6 Å². The van der Waals surface area contributed by atoms with Gasteiger partial charge in [0, 0.05) is 37.7 Å². The lowest BCUT2D eigenvalue weighted by molar-refractivity contribution is 0.254. The molecule has 6 heteroatoms. The van der Waals surface area contributed by atoms with E-state index in [0.29, 0.717) is 13.2 Å². The summed E-state index contributed by atoms with van der Waals surface area (Å²) in [5.41, 5.74) is 2.34. The van der Waals surface area contributed by atoms with E-state index in [2.05, 4.69) is 39.6 Å². The molecule has 0 aliphatic carbocycles. The van der Waals surface area contributed by atoms with Crippen LogP contribution in [0, 0.1) is 0 Å². The molecular weight excluding hydrogens is 352 g/mol. The Balaban J connectivity index is 1.45. The van der Waals surface area contributed by atoms with Gasteiger partial charge < -0.3 is 25.0 Å². The van der Waals surface area contributed by atoms with Crippen molar-refractivity contribution in [1.29, 1.82) is 0 Å². The van der Waals surface area contributed by atoms with Crippen molar-refractivity contribution in [1.82, 2.24) is 15.5 Å². The summed E-state index contributed by atoms with van der Waals surface area (Å²) in [6.45, 7) is 10.2. The molecule has 1 fully saturated rings. The molecule has 1 aromatic rings. The van der Waals surface area contributed by atoms with Gasteiger partial charge in [0.2, 0.25) is 0 Å². The maximum atomic E-state index is 5.91. The largest absolute Gasteiger partial charge is 0.494 e. The van der Waals surface area contributed by atoms with Crippen LogP contribution < -0.4 is 20.1 Å². The summed E-state index contributed by atoms with van der Waals surface area (Å²) in [6, 6.07) is 4.24. The summed E-state index contributed by atoms with van der Waals surface area (Å²) < 4.78 is 11.8. The van der Waals surface area contributed by atoms with Gasteiger partial charge in [-0.2, -0.15) is 0 Å². The molecule has 0 bridgehead atoms. The lowest BCUT2D eigenvalue weighted by atomic mass is 10.1. The number of benzene rings is 1. The summed E-state index contributed by atoms with van der Waals surface area (Å²) in [7, 11) is 1.82. The molecule has 0 amide bonds. The Hall–Kier alpha value is -1.95. The molecule has 2 aliphatic heterocycles. The Morgan fingerprint density at radius 3 is 2.82 bits per heavy atom. The Morgan fingerprint density at radius 1 is 1.25 bits per heavy atom. The van der Waals surface area contributed by atoms with Crippen LogP contribution in [0.2, 0.25) is 0 Å². The van der Waals surface area contributed by atoms with Gasteiger partial charge in [0.15, 0.2) is 5.96 Å². The van der Waals surface area contributed by atoms with E-state index < -0.39 is 0 Å². The zero-order valence-electron chi connectivity index (χ0n) is 17.7. The Bertz CT molecular complexity index is 656. The van der Waals surface area contributed by atoms with Crippen LogP contribution in [0.3, 0.4) is 0 Å². The lowest BCUT2D eigenvalue weighted by Crippen LogP contribution is -2.37. The highest BCUT2D eigenvalue weighted by atomic mass is 16.5. The first-order valence-corrected chi connectivity index (χ1v) is 10.8. The van der Waals surface area contributed by atoms with Gasteiger partial charge in [-0.25, -0.2) is 0 Å². The van der Waals surface area contributed by atoms with Gasteiger partial charge in [-0.15, -0.1) is 0 Å². The van der Waals surface area contributed by atoms with Crippen LogP contribution in [0.4, 0.5) is 0 Å². The molecule has 3 rings (SSSR count). The first-order chi connectivity index (χ1) is 13.7. The normalized spacial score (nSPS) is 19.4. The monoisotopic (exact) mass is 388 g/mol. The van der Waals surface area contributed by atoms with E-state index in [1.165, 1.54) is 44.5 Å². The topological polar surface area (TPSA) is 58.1 Å². The number of fused-ring (bicyclic) bond motifs is 1. The minimum absolute atomic E-state index is 0.239. The fraction of sp³-hybridized carbons (Fsp3) is 0.682. The van der Waals surface area contributed by atoms with Crippen LogP contribution in [0.1, 0.15) is 50.7 Å². The van der Waals surface area contributed by atoms with Crippen molar-refractivity contribution >= 4 is 5.96 Å². The van der Waals surface area contributed by atoms with E-state index in [9.17, 15) is 0 Å². The molecule has 1 unspecified atom stereocenters. The third-order valence-electron chi connectivity index (χ3n) is 5.44. The van der Waals surface area contributed by atoms with Crippen molar-refractivity contribution in [2.45, 2.75) is 58.6 Å². The predicted molar refractivity (Wildman–Crippen MR) is 115 cm³/mol. The molecule has 1 atom stereocenters. The van der Waals surface area contributed by atoms with E-state index in [1.54, 1.807) is 0 Å². The van der Waals surface area contributed by atoms with Crippen LogP contribution in [-0.2, 0) is 13.0 Å². The Morgan fingerprint density at radius 2 is 2.07 bits per heavy atom. The lowest BCUT2D eigenvalue weighted by Gasteiger charge is -2.16. The van der Waals surface area contributed by atoms with Crippen molar-refractivity contribution < 1.29 is 9.47 Å². The smallest absolute Gasteiger partial charge is 0.191 e. The zero-order valence-corrected chi connectivity index (χ0v) is 17.7. The molecule has 2 aliphatic rings. The van der Waals surface area contributed by atoms with Gasteiger partial charge in [0.05, 0.1) is 6.61 Å². The Labute approximate surface area is 169 Å². The van der Waals surface area contributed by atoms with Gasteiger partial charge in [-0.05, 0) is 71.3 Å². The number of unbranched alkanes of at least 4 members (excludes halogenated alkanes) is 1. The molecule has 1 saturated heterocycles. The minimum atomic E-state index is 0.239. The highest BCUT2D eigenvalue weighted by molar-refractivity contribution is 5.79. The molecular formula is C22H36N4O2. The fourth-order valence-electron chi connectivity index (χ4n) is 3.98. The number of guanidine groups is 1. The molecule has 156 valence electrons. The summed E-state index contributed by atoms with van der Waals surface area (Å²) in [6.07, 6.45) is 6.31.